The van der Waals surface area contributed by atoms with Gasteiger partial charge in [-0.05, 0) is 55.6 Å². The molecule has 1 aromatic heterocycles. The van der Waals surface area contributed by atoms with E-state index in [0.717, 1.165) is 24.1 Å². The minimum Gasteiger partial charge on any atom is -0.481 e. The zero-order valence-corrected chi connectivity index (χ0v) is 18.3. The lowest BCUT2D eigenvalue weighted by molar-refractivity contribution is 0.241. The Balaban J connectivity index is 1.92. The summed E-state index contributed by atoms with van der Waals surface area (Å²) in [6.45, 7) is 7.08. The summed E-state index contributed by atoms with van der Waals surface area (Å²) < 4.78 is 12.0. The number of ether oxygens (including phenoxy) is 2. The van der Waals surface area contributed by atoms with E-state index >= 15 is 0 Å². The van der Waals surface area contributed by atoms with Crippen LogP contribution in [0.3, 0.4) is 0 Å². The fraction of sp³-hybridized carbons (Fsp3) is 0.560. The summed E-state index contributed by atoms with van der Waals surface area (Å²) in [4.78, 5) is 4.91. The molecular weight excluding hydrogens is 374 g/mol. The number of hydrogen-bond donors (Lipinski definition) is 0. The lowest BCUT2D eigenvalue weighted by Gasteiger charge is -2.31. The van der Waals surface area contributed by atoms with Crippen molar-refractivity contribution >= 4 is 0 Å². The van der Waals surface area contributed by atoms with Crippen LogP contribution in [-0.2, 0) is 23.2 Å². The first-order chi connectivity index (χ1) is 14.5. The first-order valence-corrected chi connectivity index (χ1v) is 10.9. The highest BCUT2D eigenvalue weighted by Gasteiger charge is 2.56. The summed E-state index contributed by atoms with van der Waals surface area (Å²) in [6.07, 6.45) is 8.68. The molecule has 5 heteroatoms. The first-order valence-electron chi connectivity index (χ1n) is 10.9. The molecule has 156 valence electrons. The summed E-state index contributed by atoms with van der Waals surface area (Å²) >= 11 is 0. The van der Waals surface area contributed by atoms with E-state index in [2.05, 4.69) is 32.9 Å². The molecule has 2 atom stereocenters. The van der Waals surface area contributed by atoms with Gasteiger partial charge < -0.3 is 9.47 Å². The molecule has 2 aliphatic carbocycles. The standard InChI is InChI=1S/C25H29N3O2/c1-5-21-20(11-16-6-7-16)23(22(15(2)3)24(28-21)29-4)25(14-30-25)19-9-17(12-26)8-18(10-19)13-27/h8-9,15-16,19H,5-7,10-11,14H2,1-4H3. The molecule has 30 heavy (non-hydrogen) atoms. The monoisotopic (exact) mass is 403 g/mol. The number of aryl methyl sites for hydroxylation is 1. The Morgan fingerprint density at radius 3 is 2.53 bits per heavy atom. The molecule has 0 N–H and O–H groups in total. The van der Waals surface area contributed by atoms with Crippen molar-refractivity contribution in [3.05, 3.63) is 45.7 Å². The average molecular weight is 404 g/mol. The van der Waals surface area contributed by atoms with E-state index in [1.807, 2.05) is 6.08 Å². The van der Waals surface area contributed by atoms with Crippen molar-refractivity contribution in [1.82, 2.24) is 4.98 Å². The third-order valence-electron chi connectivity index (χ3n) is 6.58. The Morgan fingerprint density at radius 1 is 1.30 bits per heavy atom. The summed E-state index contributed by atoms with van der Waals surface area (Å²) in [6, 6.07) is 4.50. The van der Waals surface area contributed by atoms with E-state index in [9.17, 15) is 10.5 Å². The van der Waals surface area contributed by atoms with Gasteiger partial charge in [0.25, 0.3) is 0 Å². The fourth-order valence-electron chi connectivity index (χ4n) is 4.84. The zero-order chi connectivity index (χ0) is 21.5. The van der Waals surface area contributed by atoms with Gasteiger partial charge >= 0.3 is 0 Å². The van der Waals surface area contributed by atoms with Gasteiger partial charge in [0.15, 0.2) is 0 Å². The molecule has 5 nitrogen and oxygen atoms in total. The predicted molar refractivity (Wildman–Crippen MR) is 114 cm³/mol. The number of pyridine rings is 1. The molecule has 3 aliphatic rings. The third kappa shape index (κ3) is 3.53. The lowest BCUT2D eigenvalue weighted by atomic mass is 9.73. The zero-order valence-electron chi connectivity index (χ0n) is 18.3. The van der Waals surface area contributed by atoms with Crippen molar-refractivity contribution in [1.29, 1.82) is 10.5 Å². The summed E-state index contributed by atoms with van der Waals surface area (Å²) in [5.41, 5.74) is 5.40. The molecule has 1 aliphatic heterocycles. The van der Waals surface area contributed by atoms with Crippen LogP contribution in [0.2, 0.25) is 0 Å². The number of hydrogen-bond acceptors (Lipinski definition) is 5. The van der Waals surface area contributed by atoms with Crippen LogP contribution in [0.4, 0.5) is 0 Å². The van der Waals surface area contributed by atoms with Crippen molar-refractivity contribution in [3.63, 3.8) is 0 Å². The normalized spacial score (nSPS) is 25.2. The molecule has 0 bridgehead atoms. The van der Waals surface area contributed by atoms with Gasteiger partial charge in [0, 0.05) is 33.9 Å². The highest BCUT2D eigenvalue weighted by molar-refractivity contribution is 5.54. The molecule has 0 radical (unpaired) electrons. The maximum Gasteiger partial charge on any atom is 0.217 e. The highest BCUT2D eigenvalue weighted by Crippen LogP contribution is 2.55. The van der Waals surface area contributed by atoms with E-state index in [1.54, 1.807) is 13.2 Å². The van der Waals surface area contributed by atoms with Gasteiger partial charge in [-0.2, -0.15) is 10.5 Å². The second-order valence-electron chi connectivity index (χ2n) is 8.99. The largest absolute Gasteiger partial charge is 0.481 e. The molecule has 1 saturated heterocycles. The van der Waals surface area contributed by atoms with Gasteiger partial charge in [0.1, 0.15) is 5.60 Å². The molecule has 2 unspecified atom stereocenters. The van der Waals surface area contributed by atoms with Crippen LogP contribution in [0, 0.1) is 34.5 Å². The number of nitrogens with zero attached hydrogens (tertiary/aromatic N) is 3. The molecule has 0 spiro atoms. The quantitative estimate of drug-likeness (QED) is 0.606. The topological polar surface area (TPSA) is 82.2 Å². The van der Waals surface area contributed by atoms with Gasteiger partial charge in [-0.1, -0.05) is 26.8 Å². The SMILES string of the molecule is CCc1nc(OC)c(C(C)C)c(C2(C3C=C(C#N)C=C(C#N)C3)CO2)c1CC1CC1. The van der Waals surface area contributed by atoms with Crippen molar-refractivity contribution in [2.45, 2.75) is 64.4 Å². The minimum absolute atomic E-state index is 0.0425. The number of rotatable bonds is 7. The van der Waals surface area contributed by atoms with Crippen LogP contribution >= 0.6 is 0 Å². The van der Waals surface area contributed by atoms with Gasteiger partial charge in [0.2, 0.25) is 5.88 Å². The Hall–Kier alpha value is -2.63. The molecule has 2 heterocycles. The lowest BCUT2D eigenvalue weighted by Crippen LogP contribution is -2.28. The van der Waals surface area contributed by atoms with E-state index in [0.29, 0.717) is 36.0 Å². The number of nitriles is 2. The van der Waals surface area contributed by atoms with Gasteiger partial charge in [-0.15, -0.1) is 0 Å². The third-order valence-corrected chi connectivity index (χ3v) is 6.58. The molecule has 0 amide bonds. The van der Waals surface area contributed by atoms with E-state index < -0.39 is 5.60 Å². The summed E-state index contributed by atoms with van der Waals surface area (Å²) in [5, 5.41) is 19.1. The smallest absolute Gasteiger partial charge is 0.217 e. The van der Waals surface area contributed by atoms with Crippen LogP contribution in [-0.4, -0.2) is 18.7 Å². The molecule has 1 aromatic rings. The van der Waals surface area contributed by atoms with Gasteiger partial charge in [0.05, 0.1) is 25.9 Å². The van der Waals surface area contributed by atoms with Crippen LogP contribution < -0.4 is 4.74 Å². The van der Waals surface area contributed by atoms with Crippen molar-refractivity contribution in [2.24, 2.45) is 11.8 Å². The molecule has 1 saturated carbocycles. The number of allylic oxidation sites excluding steroid dienone is 3. The number of methoxy groups -OCH3 is 1. The fourth-order valence-corrected chi connectivity index (χ4v) is 4.84. The summed E-state index contributed by atoms with van der Waals surface area (Å²) in [5.74, 6) is 1.58. The minimum atomic E-state index is -0.511. The molecular formula is C25H29N3O2. The maximum atomic E-state index is 9.54. The highest BCUT2D eigenvalue weighted by atomic mass is 16.6. The van der Waals surface area contributed by atoms with Crippen molar-refractivity contribution in [2.75, 3.05) is 13.7 Å². The average Bonchev–Trinajstić information content (AvgIpc) is 3.68. The Kier molecular flexibility index (Phi) is 5.43. The Bertz CT molecular complexity index is 999. The van der Waals surface area contributed by atoms with Crippen LogP contribution in [0.15, 0.2) is 23.3 Å². The number of epoxide rings is 1. The van der Waals surface area contributed by atoms with E-state index in [-0.39, 0.29) is 11.8 Å². The van der Waals surface area contributed by atoms with Crippen molar-refractivity contribution < 1.29 is 9.47 Å². The molecule has 0 aromatic carbocycles. The van der Waals surface area contributed by atoms with Crippen LogP contribution in [0.5, 0.6) is 5.88 Å². The summed E-state index contributed by atoms with van der Waals surface area (Å²) in [7, 11) is 1.68. The van der Waals surface area contributed by atoms with Crippen molar-refractivity contribution in [3.8, 4) is 18.0 Å². The van der Waals surface area contributed by atoms with E-state index in [1.165, 1.54) is 24.0 Å². The number of aromatic nitrogens is 1. The Labute approximate surface area is 179 Å². The van der Waals surface area contributed by atoms with Crippen LogP contribution in [0.1, 0.15) is 68.3 Å². The first kappa shape index (κ1) is 20.6. The maximum absolute atomic E-state index is 9.54. The van der Waals surface area contributed by atoms with Gasteiger partial charge in [-0.3, -0.25) is 0 Å². The van der Waals surface area contributed by atoms with Crippen LogP contribution in [0.25, 0.3) is 0 Å². The van der Waals surface area contributed by atoms with E-state index in [4.69, 9.17) is 14.5 Å². The molecule has 4 rings (SSSR count). The molecule has 2 fully saturated rings. The van der Waals surface area contributed by atoms with Gasteiger partial charge in [-0.25, -0.2) is 4.98 Å². The second kappa shape index (κ2) is 7.89. The second-order valence-corrected chi connectivity index (χ2v) is 8.99. The Morgan fingerprint density at radius 2 is 2.03 bits per heavy atom. The predicted octanol–water partition coefficient (Wildman–Crippen LogP) is 4.87.